The third-order valence-corrected chi connectivity index (χ3v) is 5.31. The lowest BCUT2D eigenvalue weighted by molar-refractivity contribution is 0.590. The van der Waals surface area contributed by atoms with E-state index in [2.05, 4.69) is 43.1 Å². The van der Waals surface area contributed by atoms with E-state index in [0.29, 0.717) is 15.3 Å². The Balaban J connectivity index is 1.83. The second-order valence-electron chi connectivity index (χ2n) is 7.30. The fraction of sp³-hybridized carbons (Fsp3) is 0.190. The molecule has 2 aromatic heterocycles. The Kier molecular flexibility index (Phi) is 3.96. The molecule has 4 aromatic rings. The topological polar surface area (TPSA) is 47.3 Å². The summed E-state index contributed by atoms with van der Waals surface area (Å²) in [4.78, 5) is 13.5. The van der Waals surface area contributed by atoms with Crippen LogP contribution in [0.3, 0.4) is 0 Å². The molecule has 4 rings (SSSR count). The Morgan fingerprint density at radius 3 is 2.31 bits per heavy atom. The molecule has 0 aliphatic rings. The molecule has 0 amide bonds. The number of thiazole rings is 1. The molecule has 0 saturated carbocycles. The van der Waals surface area contributed by atoms with Gasteiger partial charge in [-0.3, -0.25) is 4.79 Å². The average Bonchev–Trinajstić information content (AvgIpc) is 3.16. The van der Waals surface area contributed by atoms with Gasteiger partial charge in [0.05, 0.1) is 4.53 Å². The van der Waals surface area contributed by atoms with Crippen molar-refractivity contribution >= 4 is 22.4 Å². The Labute approximate surface area is 155 Å². The van der Waals surface area contributed by atoms with Crippen LogP contribution in [0.2, 0.25) is 0 Å². The van der Waals surface area contributed by atoms with E-state index in [0.717, 1.165) is 11.1 Å². The summed E-state index contributed by atoms with van der Waals surface area (Å²) >= 11 is 1.36. The molecule has 0 radical (unpaired) electrons. The lowest BCUT2D eigenvalue weighted by Gasteiger charge is -2.18. The minimum atomic E-state index is -0.0752. The number of hydrogen-bond donors (Lipinski definition) is 0. The first-order valence-corrected chi connectivity index (χ1v) is 9.31. The highest BCUT2D eigenvalue weighted by molar-refractivity contribution is 7.15. The van der Waals surface area contributed by atoms with Gasteiger partial charge in [0.25, 0.3) is 5.56 Å². The van der Waals surface area contributed by atoms with Gasteiger partial charge in [0.15, 0.2) is 5.82 Å². The second-order valence-corrected chi connectivity index (χ2v) is 8.30. The monoisotopic (exact) mass is 361 g/mol. The van der Waals surface area contributed by atoms with Crippen molar-refractivity contribution in [2.24, 2.45) is 0 Å². The summed E-state index contributed by atoms with van der Waals surface area (Å²) in [6, 6.07) is 18.0. The van der Waals surface area contributed by atoms with E-state index in [9.17, 15) is 4.79 Å². The van der Waals surface area contributed by atoms with Gasteiger partial charge in [0.1, 0.15) is 0 Å². The van der Waals surface area contributed by atoms with Crippen LogP contribution < -0.4 is 10.1 Å². The van der Waals surface area contributed by atoms with Gasteiger partial charge in [-0.05, 0) is 22.6 Å². The molecule has 0 saturated heterocycles. The molecular weight excluding hydrogens is 342 g/mol. The molecular formula is C21H19N3OS. The van der Waals surface area contributed by atoms with Crippen molar-refractivity contribution in [3.63, 3.8) is 0 Å². The van der Waals surface area contributed by atoms with Crippen molar-refractivity contribution in [1.29, 1.82) is 0 Å². The molecule has 0 aliphatic heterocycles. The fourth-order valence-corrected chi connectivity index (χ4v) is 3.78. The number of rotatable bonds is 2. The maximum absolute atomic E-state index is 12.9. The van der Waals surface area contributed by atoms with E-state index in [1.165, 1.54) is 16.9 Å². The number of nitrogens with zero attached hydrogens (tertiary/aromatic N) is 3. The van der Waals surface area contributed by atoms with Gasteiger partial charge in [-0.25, -0.2) is 4.40 Å². The number of hydrogen-bond acceptors (Lipinski definition) is 4. The summed E-state index contributed by atoms with van der Waals surface area (Å²) in [6.07, 6.45) is 1.90. The molecule has 0 fully saturated rings. The van der Waals surface area contributed by atoms with Crippen LogP contribution in [0.25, 0.3) is 22.4 Å². The normalized spacial score (nSPS) is 12.8. The Hall–Kier alpha value is -2.79. The van der Waals surface area contributed by atoms with Gasteiger partial charge < -0.3 is 0 Å². The van der Waals surface area contributed by atoms with Gasteiger partial charge >= 0.3 is 0 Å². The van der Waals surface area contributed by atoms with Crippen LogP contribution in [-0.4, -0.2) is 14.6 Å². The quantitative estimate of drug-likeness (QED) is 0.547. The minimum Gasteiger partial charge on any atom is -0.267 e. The van der Waals surface area contributed by atoms with E-state index in [1.807, 2.05) is 48.5 Å². The first-order valence-electron chi connectivity index (χ1n) is 8.49. The molecule has 5 heteroatoms. The van der Waals surface area contributed by atoms with Crippen molar-refractivity contribution in [2.75, 3.05) is 0 Å². The van der Waals surface area contributed by atoms with Crippen molar-refractivity contribution < 1.29 is 0 Å². The van der Waals surface area contributed by atoms with Crippen LogP contribution in [0.1, 0.15) is 31.9 Å². The van der Waals surface area contributed by atoms with E-state index in [4.69, 9.17) is 0 Å². The predicted octanol–water partition coefficient (Wildman–Crippen LogP) is 3.66. The van der Waals surface area contributed by atoms with Crippen LogP contribution in [0.15, 0.2) is 59.4 Å². The van der Waals surface area contributed by atoms with E-state index < -0.39 is 0 Å². The fourth-order valence-electron chi connectivity index (χ4n) is 2.87. The third kappa shape index (κ3) is 2.95. The first kappa shape index (κ1) is 16.7. The molecule has 26 heavy (non-hydrogen) atoms. The highest BCUT2D eigenvalue weighted by Crippen LogP contribution is 2.25. The Morgan fingerprint density at radius 2 is 1.65 bits per heavy atom. The molecule has 4 nitrogen and oxygen atoms in total. The van der Waals surface area contributed by atoms with Crippen LogP contribution >= 0.6 is 11.3 Å². The van der Waals surface area contributed by atoms with Crippen LogP contribution in [-0.2, 0) is 5.41 Å². The summed E-state index contributed by atoms with van der Waals surface area (Å²) in [7, 11) is 0. The maximum atomic E-state index is 12.9. The van der Waals surface area contributed by atoms with Gasteiger partial charge in [-0.15, -0.1) is 10.2 Å². The first-order chi connectivity index (χ1) is 12.4. The van der Waals surface area contributed by atoms with E-state index in [1.54, 1.807) is 4.40 Å². The van der Waals surface area contributed by atoms with E-state index >= 15 is 0 Å². The molecule has 130 valence electrons. The van der Waals surface area contributed by atoms with Crippen LogP contribution in [0.5, 0.6) is 0 Å². The average molecular weight is 361 g/mol. The lowest BCUT2D eigenvalue weighted by atomic mass is 9.87. The summed E-state index contributed by atoms with van der Waals surface area (Å²) < 4.78 is 2.26. The van der Waals surface area contributed by atoms with Crippen molar-refractivity contribution in [3.05, 3.63) is 80.6 Å². The highest BCUT2D eigenvalue weighted by atomic mass is 32.1. The zero-order valence-electron chi connectivity index (χ0n) is 14.9. The maximum Gasteiger partial charge on any atom is 0.276 e. The minimum absolute atomic E-state index is 0.0752. The molecule has 0 aliphatic carbocycles. The number of fused-ring (bicyclic) bond motifs is 1. The zero-order valence-corrected chi connectivity index (χ0v) is 15.7. The second kappa shape index (κ2) is 6.18. The SMILES string of the molecule is CC(C)(C)c1ccc(-c2nnc3sc(=Cc4ccccc4)c(=O)n23)cc1. The highest BCUT2D eigenvalue weighted by Gasteiger charge is 2.16. The lowest BCUT2D eigenvalue weighted by Crippen LogP contribution is -2.23. The van der Waals surface area contributed by atoms with E-state index in [-0.39, 0.29) is 11.0 Å². The van der Waals surface area contributed by atoms with Crippen molar-refractivity contribution in [3.8, 4) is 11.4 Å². The van der Waals surface area contributed by atoms with Gasteiger partial charge in [0, 0.05) is 5.56 Å². The molecule has 0 N–H and O–H groups in total. The Bertz CT molecular complexity index is 1170. The van der Waals surface area contributed by atoms with Gasteiger partial charge in [0.2, 0.25) is 4.96 Å². The van der Waals surface area contributed by atoms with Gasteiger partial charge in [-0.1, -0.05) is 86.7 Å². The standard InChI is InChI=1S/C21H19N3OS/c1-21(2,3)16-11-9-15(10-12-16)18-22-23-20-24(18)19(25)17(26-20)13-14-7-5-4-6-8-14/h4-13H,1-3H3. The van der Waals surface area contributed by atoms with Crippen LogP contribution in [0.4, 0.5) is 0 Å². The molecule has 0 bridgehead atoms. The summed E-state index contributed by atoms with van der Waals surface area (Å²) in [5.74, 6) is 0.592. The van der Waals surface area contributed by atoms with Crippen molar-refractivity contribution in [1.82, 2.24) is 14.6 Å². The smallest absolute Gasteiger partial charge is 0.267 e. The molecule has 0 spiro atoms. The molecule has 0 atom stereocenters. The summed E-state index contributed by atoms with van der Waals surface area (Å²) in [6.45, 7) is 6.53. The van der Waals surface area contributed by atoms with Crippen molar-refractivity contribution in [2.45, 2.75) is 26.2 Å². The number of benzene rings is 2. The molecule has 2 aromatic carbocycles. The zero-order chi connectivity index (χ0) is 18.3. The summed E-state index contributed by atoms with van der Waals surface area (Å²) in [5.41, 5.74) is 3.15. The Morgan fingerprint density at radius 1 is 0.962 bits per heavy atom. The largest absolute Gasteiger partial charge is 0.276 e. The molecule has 0 unspecified atom stereocenters. The van der Waals surface area contributed by atoms with Crippen LogP contribution in [0, 0.1) is 0 Å². The number of aromatic nitrogens is 3. The summed E-state index contributed by atoms with van der Waals surface area (Å²) in [5, 5.41) is 8.44. The molecule has 2 heterocycles. The third-order valence-electron chi connectivity index (χ3n) is 4.35. The van der Waals surface area contributed by atoms with Gasteiger partial charge in [-0.2, -0.15) is 0 Å². The predicted molar refractivity (Wildman–Crippen MR) is 106 cm³/mol.